The number of hydrogen-bond acceptors (Lipinski definition) is 2. The maximum absolute atomic E-state index is 12.6. The summed E-state index contributed by atoms with van der Waals surface area (Å²) >= 11 is 0. The van der Waals surface area contributed by atoms with Gasteiger partial charge < -0.3 is 4.74 Å². The van der Waals surface area contributed by atoms with Crippen LogP contribution in [-0.4, -0.2) is 12.4 Å². The van der Waals surface area contributed by atoms with Crippen LogP contribution in [0.25, 0.3) is 0 Å². The summed E-state index contributed by atoms with van der Waals surface area (Å²) in [5.41, 5.74) is 1.18. The summed E-state index contributed by atoms with van der Waals surface area (Å²) in [6.45, 7) is 5.27. The first-order valence-corrected chi connectivity index (χ1v) is 11.0. The highest BCUT2D eigenvalue weighted by Crippen LogP contribution is 2.35. The molecule has 0 N–H and O–H groups in total. The number of hydrogen-bond donors (Lipinski definition) is 0. The third kappa shape index (κ3) is 7.13. The molecule has 1 saturated carbocycles. The monoisotopic (exact) mass is 358 g/mol. The Hall–Kier alpha value is -1.31. The van der Waals surface area contributed by atoms with Crippen molar-refractivity contribution in [3.8, 4) is 5.75 Å². The van der Waals surface area contributed by atoms with E-state index in [1.54, 1.807) is 0 Å². The zero-order valence-corrected chi connectivity index (χ0v) is 17.0. The third-order valence-electron chi connectivity index (χ3n) is 5.76. The van der Waals surface area contributed by atoms with Gasteiger partial charge in [0.05, 0.1) is 6.61 Å². The standard InChI is InChI=1S/C24H38O2/c1-3-5-7-8-10-18-26-22-15-13-21(14-16-22)23-17-12-20(19-24(23)25)11-9-6-4-2/h13-16,20,23H,3-12,17-19H2,1-2H3. The number of Topliss-reactive ketones (excluding diaryl/α,β-unsaturated/α-hetero) is 1. The molecule has 2 unspecified atom stereocenters. The number of unbranched alkanes of at least 4 members (excludes halogenated alkanes) is 6. The molecule has 2 nitrogen and oxygen atoms in total. The van der Waals surface area contributed by atoms with Gasteiger partial charge in [-0.25, -0.2) is 0 Å². The number of ether oxygens (including phenoxy) is 1. The second-order valence-corrected chi connectivity index (χ2v) is 7.99. The van der Waals surface area contributed by atoms with Crippen molar-refractivity contribution >= 4 is 5.78 Å². The average Bonchev–Trinajstić information content (AvgIpc) is 2.66. The van der Waals surface area contributed by atoms with Crippen molar-refractivity contribution in [2.24, 2.45) is 5.92 Å². The fourth-order valence-electron chi connectivity index (χ4n) is 4.07. The van der Waals surface area contributed by atoms with Crippen LogP contribution in [0.15, 0.2) is 24.3 Å². The molecule has 2 atom stereocenters. The van der Waals surface area contributed by atoms with E-state index < -0.39 is 0 Å². The minimum absolute atomic E-state index is 0.112. The fourth-order valence-corrected chi connectivity index (χ4v) is 4.07. The highest BCUT2D eigenvalue weighted by Gasteiger charge is 2.29. The Balaban J connectivity index is 1.73. The lowest BCUT2D eigenvalue weighted by atomic mass is 9.76. The Morgan fingerprint density at radius 2 is 1.58 bits per heavy atom. The van der Waals surface area contributed by atoms with Crippen molar-refractivity contribution in [1.29, 1.82) is 0 Å². The maximum Gasteiger partial charge on any atom is 0.140 e. The number of carbonyl (C=O) groups is 1. The summed E-state index contributed by atoms with van der Waals surface area (Å²) in [6.07, 6.45) is 14.4. The van der Waals surface area contributed by atoms with Crippen molar-refractivity contribution < 1.29 is 9.53 Å². The van der Waals surface area contributed by atoms with Crippen molar-refractivity contribution in [2.45, 2.75) is 96.8 Å². The molecule has 1 fully saturated rings. The molecule has 0 aliphatic heterocycles. The van der Waals surface area contributed by atoms with Crippen LogP contribution in [-0.2, 0) is 4.79 Å². The number of ketones is 1. The van der Waals surface area contributed by atoms with Gasteiger partial charge in [0.2, 0.25) is 0 Å². The van der Waals surface area contributed by atoms with Gasteiger partial charge in [0.25, 0.3) is 0 Å². The van der Waals surface area contributed by atoms with E-state index in [4.69, 9.17) is 4.74 Å². The first-order valence-electron chi connectivity index (χ1n) is 11.0. The van der Waals surface area contributed by atoms with Crippen molar-refractivity contribution in [3.05, 3.63) is 29.8 Å². The Morgan fingerprint density at radius 1 is 0.885 bits per heavy atom. The van der Waals surface area contributed by atoms with Gasteiger partial charge in [0.15, 0.2) is 0 Å². The highest BCUT2D eigenvalue weighted by atomic mass is 16.5. The Labute approximate surface area is 160 Å². The molecule has 0 bridgehead atoms. The van der Waals surface area contributed by atoms with Crippen LogP contribution in [0, 0.1) is 5.92 Å². The second-order valence-electron chi connectivity index (χ2n) is 7.99. The molecule has 1 aromatic rings. The molecule has 26 heavy (non-hydrogen) atoms. The molecule has 0 radical (unpaired) electrons. The normalized spacial score (nSPS) is 20.3. The number of rotatable bonds is 12. The molecule has 0 aromatic heterocycles. The second kappa shape index (κ2) is 12.1. The molecular formula is C24H38O2. The third-order valence-corrected chi connectivity index (χ3v) is 5.76. The van der Waals surface area contributed by atoms with E-state index in [0.717, 1.165) is 31.6 Å². The van der Waals surface area contributed by atoms with E-state index in [9.17, 15) is 4.79 Å². The molecule has 1 aromatic carbocycles. The predicted octanol–water partition coefficient (Wildman–Crippen LogP) is 7.07. The largest absolute Gasteiger partial charge is 0.494 e. The molecule has 1 aliphatic carbocycles. The Kier molecular flexibility index (Phi) is 9.81. The zero-order chi connectivity index (χ0) is 18.6. The maximum atomic E-state index is 12.6. The van der Waals surface area contributed by atoms with Crippen molar-refractivity contribution in [1.82, 2.24) is 0 Å². The quantitative estimate of drug-likeness (QED) is 0.373. The minimum atomic E-state index is 0.112. The molecule has 0 saturated heterocycles. The molecular weight excluding hydrogens is 320 g/mol. The van der Waals surface area contributed by atoms with Crippen LogP contribution < -0.4 is 4.74 Å². The van der Waals surface area contributed by atoms with Crippen LogP contribution in [0.4, 0.5) is 0 Å². The highest BCUT2D eigenvalue weighted by molar-refractivity contribution is 5.86. The van der Waals surface area contributed by atoms with E-state index in [0.29, 0.717) is 11.7 Å². The molecule has 2 heteroatoms. The van der Waals surface area contributed by atoms with E-state index in [1.807, 2.05) is 12.1 Å². The number of carbonyl (C=O) groups excluding carboxylic acids is 1. The topological polar surface area (TPSA) is 26.3 Å². The molecule has 0 heterocycles. The summed E-state index contributed by atoms with van der Waals surface area (Å²) in [5, 5.41) is 0. The van der Waals surface area contributed by atoms with E-state index in [-0.39, 0.29) is 5.92 Å². The summed E-state index contributed by atoms with van der Waals surface area (Å²) < 4.78 is 5.84. The SMILES string of the molecule is CCCCCCCOc1ccc(C2CCC(CCCCC)CC2=O)cc1. The summed E-state index contributed by atoms with van der Waals surface area (Å²) in [7, 11) is 0. The minimum Gasteiger partial charge on any atom is -0.494 e. The van der Waals surface area contributed by atoms with Gasteiger partial charge in [0, 0.05) is 12.3 Å². The lowest BCUT2D eigenvalue weighted by Gasteiger charge is -2.27. The Bertz CT molecular complexity index is 505. The van der Waals surface area contributed by atoms with Crippen LogP contribution >= 0.6 is 0 Å². The van der Waals surface area contributed by atoms with Crippen LogP contribution in [0.3, 0.4) is 0 Å². The lowest BCUT2D eigenvalue weighted by molar-refractivity contribution is -0.123. The Morgan fingerprint density at radius 3 is 2.27 bits per heavy atom. The first-order chi connectivity index (χ1) is 12.7. The van der Waals surface area contributed by atoms with Crippen molar-refractivity contribution in [3.63, 3.8) is 0 Å². The van der Waals surface area contributed by atoms with Gasteiger partial charge in [-0.1, -0.05) is 77.3 Å². The van der Waals surface area contributed by atoms with E-state index in [2.05, 4.69) is 26.0 Å². The molecule has 146 valence electrons. The van der Waals surface area contributed by atoms with Gasteiger partial charge in [-0.3, -0.25) is 4.79 Å². The van der Waals surface area contributed by atoms with E-state index in [1.165, 1.54) is 63.4 Å². The van der Waals surface area contributed by atoms with Gasteiger partial charge >= 0.3 is 0 Å². The summed E-state index contributed by atoms with van der Waals surface area (Å²) in [6, 6.07) is 8.29. The smallest absolute Gasteiger partial charge is 0.140 e. The fraction of sp³-hybridized carbons (Fsp3) is 0.708. The molecule has 0 amide bonds. The molecule has 1 aliphatic rings. The zero-order valence-electron chi connectivity index (χ0n) is 17.0. The number of benzene rings is 1. The van der Waals surface area contributed by atoms with Gasteiger partial charge in [-0.05, 0) is 42.9 Å². The first kappa shape index (κ1) is 21.0. The van der Waals surface area contributed by atoms with Gasteiger partial charge in [-0.2, -0.15) is 0 Å². The summed E-state index contributed by atoms with van der Waals surface area (Å²) in [4.78, 5) is 12.6. The predicted molar refractivity (Wildman–Crippen MR) is 110 cm³/mol. The molecule has 2 rings (SSSR count). The van der Waals surface area contributed by atoms with Gasteiger partial charge in [-0.15, -0.1) is 0 Å². The van der Waals surface area contributed by atoms with Crippen LogP contribution in [0.2, 0.25) is 0 Å². The molecule has 0 spiro atoms. The lowest BCUT2D eigenvalue weighted by Crippen LogP contribution is -2.23. The van der Waals surface area contributed by atoms with Crippen LogP contribution in [0.5, 0.6) is 5.75 Å². The van der Waals surface area contributed by atoms with E-state index >= 15 is 0 Å². The summed E-state index contributed by atoms with van der Waals surface area (Å²) in [5.74, 6) is 2.12. The van der Waals surface area contributed by atoms with Crippen molar-refractivity contribution in [2.75, 3.05) is 6.61 Å². The van der Waals surface area contributed by atoms with Crippen LogP contribution in [0.1, 0.15) is 102 Å². The average molecular weight is 359 g/mol. The van der Waals surface area contributed by atoms with Gasteiger partial charge in [0.1, 0.15) is 11.5 Å².